The lowest BCUT2D eigenvalue weighted by molar-refractivity contribution is -0.123. The van der Waals surface area contributed by atoms with E-state index in [4.69, 9.17) is 4.74 Å². The van der Waals surface area contributed by atoms with Gasteiger partial charge in [-0.1, -0.05) is 24.3 Å². The number of amides is 1. The minimum atomic E-state index is -2.80. The molecule has 124 valence electrons. The molecule has 0 spiro atoms. The Labute approximate surface area is 135 Å². The van der Waals surface area contributed by atoms with Crippen LogP contribution in [0.1, 0.15) is 24.5 Å². The molecule has 1 unspecified atom stereocenters. The van der Waals surface area contributed by atoms with E-state index in [1.807, 2.05) is 31.2 Å². The Morgan fingerprint density at radius 3 is 2.68 bits per heavy atom. The number of hydrogen-bond acceptors (Lipinski definition) is 3. The molecule has 1 atom stereocenters. The van der Waals surface area contributed by atoms with Crippen LogP contribution >= 0.6 is 12.4 Å². The van der Waals surface area contributed by atoms with Crippen molar-refractivity contribution in [2.75, 3.05) is 13.2 Å². The molecule has 4 nitrogen and oxygen atoms in total. The van der Waals surface area contributed by atoms with E-state index in [-0.39, 0.29) is 12.4 Å². The maximum absolute atomic E-state index is 13.1. The molecule has 1 aliphatic rings. The van der Waals surface area contributed by atoms with E-state index in [1.165, 1.54) is 0 Å². The first-order chi connectivity index (χ1) is 10.0. The predicted octanol–water partition coefficient (Wildman–Crippen LogP) is 2.26. The largest absolute Gasteiger partial charge is 0.377 e. The summed E-state index contributed by atoms with van der Waals surface area (Å²) in [5.41, 5.74) is 1.92. The fraction of sp³-hybridized carbons (Fsp3) is 0.533. The summed E-state index contributed by atoms with van der Waals surface area (Å²) in [6.07, 6.45) is -0.445. The van der Waals surface area contributed by atoms with Gasteiger partial charge in [0, 0.05) is 19.6 Å². The molecule has 1 saturated heterocycles. The van der Waals surface area contributed by atoms with Crippen molar-refractivity contribution in [2.24, 2.45) is 0 Å². The molecule has 1 fully saturated rings. The number of carbonyl (C=O) groups excluding carboxylic acids is 1. The number of carbonyl (C=O) groups is 1. The van der Waals surface area contributed by atoms with Gasteiger partial charge in [0.25, 0.3) is 5.92 Å². The van der Waals surface area contributed by atoms with E-state index in [1.54, 1.807) is 0 Å². The Bertz CT molecular complexity index is 500. The monoisotopic (exact) mass is 334 g/mol. The summed E-state index contributed by atoms with van der Waals surface area (Å²) in [6, 6.07) is 6.78. The van der Waals surface area contributed by atoms with Gasteiger partial charge in [-0.2, -0.15) is 0 Å². The SMILES string of the molecule is CCOCc1ccccc1CNC(=O)C1CC(F)(F)CN1.Cl. The Morgan fingerprint density at radius 2 is 2.09 bits per heavy atom. The fourth-order valence-corrected chi connectivity index (χ4v) is 2.29. The topological polar surface area (TPSA) is 50.4 Å². The third kappa shape index (κ3) is 5.19. The molecular weight excluding hydrogens is 314 g/mol. The summed E-state index contributed by atoms with van der Waals surface area (Å²) in [6.45, 7) is 2.87. The van der Waals surface area contributed by atoms with Gasteiger partial charge < -0.3 is 10.1 Å². The zero-order valence-electron chi connectivity index (χ0n) is 12.4. The molecule has 2 N–H and O–H groups in total. The maximum Gasteiger partial charge on any atom is 0.262 e. The summed E-state index contributed by atoms with van der Waals surface area (Å²) >= 11 is 0. The highest BCUT2D eigenvalue weighted by Gasteiger charge is 2.42. The molecule has 7 heteroatoms. The molecule has 22 heavy (non-hydrogen) atoms. The molecule has 1 aromatic carbocycles. The second kappa shape index (κ2) is 8.41. The van der Waals surface area contributed by atoms with E-state index in [0.29, 0.717) is 19.8 Å². The second-order valence-corrected chi connectivity index (χ2v) is 5.12. The molecule has 0 radical (unpaired) electrons. The molecular formula is C15H21ClF2N2O2. The van der Waals surface area contributed by atoms with Crippen LogP contribution in [0.3, 0.4) is 0 Å². The Kier molecular flexibility index (Phi) is 7.19. The zero-order valence-corrected chi connectivity index (χ0v) is 13.2. The third-order valence-electron chi connectivity index (χ3n) is 3.46. The quantitative estimate of drug-likeness (QED) is 0.839. The number of rotatable bonds is 6. The summed E-state index contributed by atoms with van der Waals surface area (Å²) in [7, 11) is 0. The first-order valence-electron chi connectivity index (χ1n) is 7.05. The van der Waals surface area contributed by atoms with Crippen molar-refractivity contribution in [1.29, 1.82) is 0 Å². The lowest BCUT2D eigenvalue weighted by atomic mass is 10.1. The number of ether oxygens (including phenoxy) is 1. The summed E-state index contributed by atoms with van der Waals surface area (Å²) in [5, 5.41) is 5.25. The highest BCUT2D eigenvalue weighted by atomic mass is 35.5. The Hall–Kier alpha value is -1.24. The number of nitrogens with one attached hydrogen (secondary N) is 2. The van der Waals surface area contributed by atoms with Gasteiger partial charge in [0.15, 0.2) is 0 Å². The van der Waals surface area contributed by atoms with Crippen molar-refractivity contribution in [1.82, 2.24) is 10.6 Å². The predicted molar refractivity (Wildman–Crippen MR) is 82.2 cm³/mol. The zero-order chi connectivity index (χ0) is 15.3. The summed E-state index contributed by atoms with van der Waals surface area (Å²) in [4.78, 5) is 11.9. The van der Waals surface area contributed by atoms with Crippen molar-refractivity contribution >= 4 is 18.3 Å². The van der Waals surface area contributed by atoms with Crippen LogP contribution in [0.2, 0.25) is 0 Å². The van der Waals surface area contributed by atoms with Crippen molar-refractivity contribution in [3.63, 3.8) is 0 Å². The fourth-order valence-electron chi connectivity index (χ4n) is 2.29. The number of halogens is 3. The van der Waals surface area contributed by atoms with Gasteiger partial charge in [-0.05, 0) is 18.1 Å². The lowest BCUT2D eigenvalue weighted by Crippen LogP contribution is -2.40. The van der Waals surface area contributed by atoms with Crippen LogP contribution in [0.25, 0.3) is 0 Å². The van der Waals surface area contributed by atoms with Gasteiger partial charge in [-0.25, -0.2) is 8.78 Å². The lowest BCUT2D eigenvalue weighted by Gasteiger charge is -2.13. The van der Waals surface area contributed by atoms with E-state index in [2.05, 4.69) is 10.6 Å². The van der Waals surface area contributed by atoms with Crippen molar-refractivity contribution in [3.05, 3.63) is 35.4 Å². The van der Waals surface area contributed by atoms with Gasteiger partial charge in [-0.15, -0.1) is 12.4 Å². The number of benzene rings is 1. The number of hydrogen-bond donors (Lipinski definition) is 2. The average molecular weight is 335 g/mol. The van der Waals surface area contributed by atoms with Gasteiger partial charge in [0.1, 0.15) is 0 Å². The maximum atomic E-state index is 13.1. The van der Waals surface area contributed by atoms with E-state index in [0.717, 1.165) is 11.1 Å². The molecule has 2 rings (SSSR count). The minimum Gasteiger partial charge on any atom is -0.377 e. The van der Waals surface area contributed by atoms with E-state index < -0.39 is 30.8 Å². The molecule has 1 amide bonds. The van der Waals surface area contributed by atoms with E-state index in [9.17, 15) is 13.6 Å². The highest BCUT2D eigenvalue weighted by Crippen LogP contribution is 2.25. The average Bonchev–Trinajstić information content (AvgIpc) is 2.83. The highest BCUT2D eigenvalue weighted by molar-refractivity contribution is 5.85. The van der Waals surface area contributed by atoms with Crippen LogP contribution in [0.15, 0.2) is 24.3 Å². The van der Waals surface area contributed by atoms with Crippen LogP contribution in [0.4, 0.5) is 8.78 Å². The smallest absolute Gasteiger partial charge is 0.262 e. The summed E-state index contributed by atoms with van der Waals surface area (Å²) in [5.74, 6) is -3.19. The minimum absolute atomic E-state index is 0. The van der Waals surface area contributed by atoms with Crippen LogP contribution in [0.5, 0.6) is 0 Å². The first-order valence-corrected chi connectivity index (χ1v) is 7.05. The molecule has 0 saturated carbocycles. The van der Waals surface area contributed by atoms with Crippen LogP contribution in [0, 0.1) is 0 Å². The van der Waals surface area contributed by atoms with Crippen molar-refractivity contribution in [3.8, 4) is 0 Å². The van der Waals surface area contributed by atoms with Crippen LogP contribution in [-0.4, -0.2) is 31.0 Å². The van der Waals surface area contributed by atoms with Gasteiger partial charge >= 0.3 is 0 Å². The van der Waals surface area contributed by atoms with Crippen molar-refractivity contribution in [2.45, 2.75) is 38.5 Å². The molecule has 1 aliphatic heterocycles. The summed E-state index contributed by atoms with van der Waals surface area (Å²) < 4.78 is 31.5. The molecule has 0 aliphatic carbocycles. The van der Waals surface area contributed by atoms with Crippen LogP contribution in [-0.2, 0) is 22.7 Å². The van der Waals surface area contributed by atoms with Gasteiger partial charge in [0.05, 0.1) is 19.2 Å². The Morgan fingerprint density at radius 1 is 1.41 bits per heavy atom. The number of alkyl halides is 2. The molecule has 1 aromatic rings. The van der Waals surface area contributed by atoms with Gasteiger partial charge in [0.2, 0.25) is 5.91 Å². The van der Waals surface area contributed by atoms with Crippen molar-refractivity contribution < 1.29 is 18.3 Å². The first kappa shape index (κ1) is 18.8. The standard InChI is InChI=1S/C15H20F2N2O2.ClH/c1-2-21-9-12-6-4-3-5-11(12)8-18-14(20)13-7-15(16,17)10-19-13;/h3-6,13,19H,2,7-10H2,1H3,(H,18,20);1H. The third-order valence-corrected chi connectivity index (χ3v) is 3.46. The second-order valence-electron chi connectivity index (χ2n) is 5.12. The Balaban J connectivity index is 0.00000242. The van der Waals surface area contributed by atoms with Gasteiger partial charge in [-0.3, -0.25) is 10.1 Å². The normalized spacial score (nSPS) is 19.5. The molecule has 0 bridgehead atoms. The molecule has 1 heterocycles. The molecule has 0 aromatic heterocycles. The van der Waals surface area contributed by atoms with Crippen LogP contribution < -0.4 is 10.6 Å². The van der Waals surface area contributed by atoms with E-state index >= 15 is 0 Å².